The molecule has 0 saturated carbocycles. The lowest BCUT2D eigenvalue weighted by Gasteiger charge is -2.04. The fourth-order valence-corrected chi connectivity index (χ4v) is 1.90. The number of imidazole rings is 1. The summed E-state index contributed by atoms with van der Waals surface area (Å²) in [5.41, 5.74) is 7.18. The van der Waals surface area contributed by atoms with E-state index in [1.165, 1.54) is 23.0 Å². The number of aromatic nitrogens is 4. The molecule has 0 spiro atoms. The van der Waals surface area contributed by atoms with Gasteiger partial charge in [0.1, 0.15) is 5.65 Å². The lowest BCUT2D eigenvalue weighted by Crippen LogP contribution is -2.30. The van der Waals surface area contributed by atoms with Crippen LogP contribution in [0, 0.1) is 0 Å². The van der Waals surface area contributed by atoms with Gasteiger partial charge in [-0.3, -0.25) is 4.79 Å². The minimum absolute atomic E-state index is 0.134. The van der Waals surface area contributed by atoms with Gasteiger partial charge in [-0.05, 0) is 12.1 Å². The van der Waals surface area contributed by atoms with E-state index in [9.17, 15) is 18.0 Å². The number of carbonyl (C=O) groups is 1. The summed E-state index contributed by atoms with van der Waals surface area (Å²) >= 11 is 0. The zero-order chi connectivity index (χ0) is 16.6. The Balaban J connectivity index is 1.92. The Morgan fingerprint density at radius 2 is 1.83 bits per heavy atom. The second-order valence-corrected chi connectivity index (χ2v) is 4.59. The number of halogens is 3. The summed E-state index contributed by atoms with van der Waals surface area (Å²) in [5.74, 6) is -2.14. The Kier molecular flexibility index (Phi) is 3.36. The lowest BCUT2D eigenvalue weighted by atomic mass is 10.1. The molecular weight excluding hydrogens is 313 g/mol. The van der Waals surface area contributed by atoms with Gasteiger partial charge in [-0.25, -0.2) is 15.0 Å². The highest BCUT2D eigenvalue weighted by Crippen LogP contribution is 2.21. The third-order valence-electron chi connectivity index (χ3n) is 2.96. The molecule has 0 unspecified atom stereocenters. The number of hydrogen-bond acceptors (Lipinski definition) is 5. The fourth-order valence-electron chi connectivity index (χ4n) is 1.90. The van der Waals surface area contributed by atoms with Gasteiger partial charge in [-0.15, -0.1) is 0 Å². The number of carbonyl (C=O) groups excluding carboxylic acids is 1. The Morgan fingerprint density at radius 1 is 1.13 bits per heavy atom. The van der Waals surface area contributed by atoms with E-state index in [2.05, 4.69) is 15.0 Å². The maximum atomic E-state index is 12.2. The number of nitrogen functional groups attached to an aromatic ring is 1. The van der Waals surface area contributed by atoms with E-state index in [4.69, 9.17) is 5.73 Å². The van der Waals surface area contributed by atoms with Crippen LogP contribution in [0.1, 0.15) is 0 Å². The first-order valence-corrected chi connectivity index (χ1v) is 6.28. The summed E-state index contributed by atoms with van der Waals surface area (Å²) < 4.78 is 38.2. The second-order valence-electron chi connectivity index (χ2n) is 4.59. The van der Waals surface area contributed by atoms with Crippen LogP contribution in [0.2, 0.25) is 0 Å². The first kappa shape index (κ1) is 14.8. The van der Waals surface area contributed by atoms with Crippen LogP contribution in [0.3, 0.4) is 0 Å². The van der Waals surface area contributed by atoms with Crippen LogP contribution < -0.4 is 11.1 Å². The Labute approximate surface area is 127 Å². The highest BCUT2D eigenvalue weighted by atomic mass is 19.4. The Bertz CT molecular complexity index is 872. The summed E-state index contributed by atoms with van der Waals surface area (Å²) in [7, 11) is 0. The van der Waals surface area contributed by atoms with Crippen molar-refractivity contribution >= 4 is 23.3 Å². The van der Waals surface area contributed by atoms with Gasteiger partial charge in [-0.2, -0.15) is 13.2 Å². The molecule has 23 heavy (non-hydrogen) atoms. The van der Waals surface area contributed by atoms with Crippen molar-refractivity contribution in [3.8, 4) is 11.1 Å². The zero-order valence-corrected chi connectivity index (χ0v) is 11.4. The number of nitrogens with one attached hydrogen (secondary N) is 1. The topological polar surface area (TPSA) is 98.2 Å². The summed E-state index contributed by atoms with van der Waals surface area (Å²) in [6, 6.07) is 3.29. The quantitative estimate of drug-likeness (QED) is 0.750. The summed E-state index contributed by atoms with van der Waals surface area (Å²) in [4.78, 5) is 22.5. The number of nitrogens with two attached hydrogens (primary N) is 1. The van der Waals surface area contributed by atoms with Crippen LogP contribution in [-0.4, -0.2) is 31.4 Å². The molecule has 0 atom stereocenters. The maximum absolute atomic E-state index is 12.2. The van der Waals surface area contributed by atoms with E-state index in [0.717, 1.165) is 0 Å². The number of hydrogen-bond donors (Lipinski definition) is 2. The molecular formula is C13H9F3N6O. The first-order valence-electron chi connectivity index (χ1n) is 6.28. The smallest absolute Gasteiger partial charge is 0.368 e. The van der Waals surface area contributed by atoms with Crippen LogP contribution in [0.5, 0.6) is 0 Å². The van der Waals surface area contributed by atoms with Crippen molar-refractivity contribution in [1.29, 1.82) is 0 Å². The van der Waals surface area contributed by atoms with Crippen molar-refractivity contribution in [2.75, 3.05) is 11.1 Å². The van der Waals surface area contributed by atoms with Crippen molar-refractivity contribution in [2.45, 2.75) is 6.18 Å². The highest BCUT2D eigenvalue weighted by Gasteiger charge is 2.39. The Hall–Kier alpha value is -3.17. The van der Waals surface area contributed by atoms with E-state index in [0.29, 0.717) is 16.8 Å². The molecule has 3 aromatic rings. The molecule has 0 aromatic carbocycles. The minimum Gasteiger partial charge on any atom is -0.368 e. The summed E-state index contributed by atoms with van der Waals surface area (Å²) in [6.45, 7) is 0. The molecule has 0 aliphatic heterocycles. The van der Waals surface area contributed by atoms with Gasteiger partial charge in [0.25, 0.3) is 0 Å². The van der Waals surface area contributed by atoms with Crippen molar-refractivity contribution in [1.82, 2.24) is 19.4 Å². The molecule has 0 saturated heterocycles. The van der Waals surface area contributed by atoms with E-state index in [1.807, 2.05) is 0 Å². The van der Waals surface area contributed by atoms with E-state index >= 15 is 0 Å². The second kappa shape index (κ2) is 5.23. The molecule has 10 heteroatoms. The average Bonchev–Trinajstić information content (AvgIpc) is 2.88. The van der Waals surface area contributed by atoms with Crippen molar-refractivity contribution in [2.24, 2.45) is 0 Å². The van der Waals surface area contributed by atoms with Gasteiger partial charge in [0, 0.05) is 29.7 Å². The first-order chi connectivity index (χ1) is 10.8. The van der Waals surface area contributed by atoms with Gasteiger partial charge >= 0.3 is 12.1 Å². The monoisotopic (exact) mass is 322 g/mol. The number of fused-ring (bicyclic) bond motifs is 1. The van der Waals surface area contributed by atoms with Crippen LogP contribution in [0.4, 0.5) is 24.9 Å². The molecule has 0 fully saturated rings. The number of amides is 1. The number of nitrogens with zero attached hydrogens (tertiary/aromatic N) is 4. The van der Waals surface area contributed by atoms with Crippen LogP contribution in [0.15, 0.2) is 36.9 Å². The Morgan fingerprint density at radius 3 is 2.48 bits per heavy atom. The van der Waals surface area contributed by atoms with Crippen molar-refractivity contribution in [3.63, 3.8) is 0 Å². The normalized spacial score (nSPS) is 11.6. The molecule has 0 aliphatic carbocycles. The molecule has 3 heterocycles. The van der Waals surface area contributed by atoms with Gasteiger partial charge in [-0.1, -0.05) is 0 Å². The molecule has 0 radical (unpaired) electrons. The number of rotatable bonds is 2. The molecule has 3 aromatic heterocycles. The third kappa shape index (κ3) is 3.05. The van der Waals surface area contributed by atoms with Gasteiger partial charge in [0.05, 0.1) is 6.20 Å². The van der Waals surface area contributed by atoms with Gasteiger partial charge in [0.2, 0.25) is 5.95 Å². The maximum Gasteiger partial charge on any atom is 0.471 e. The van der Waals surface area contributed by atoms with Gasteiger partial charge in [0.15, 0.2) is 5.82 Å². The van der Waals surface area contributed by atoms with E-state index < -0.39 is 12.1 Å². The molecule has 0 aliphatic rings. The predicted octanol–water partition coefficient (Wildman–Crippen LogP) is 1.87. The zero-order valence-electron chi connectivity index (χ0n) is 11.4. The highest BCUT2D eigenvalue weighted by molar-refractivity contribution is 5.94. The standard InChI is InChI=1S/C13H9F3N6O/c14-13(15,16)11(23)21-9-6-22-5-7(1-2-10(22)20-9)8-3-18-12(17)19-4-8/h1-6H,(H,21,23)(H2,17,18,19). The summed E-state index contributed by atoms with van der Waals surface area (Å²) in [5, 5.41) is 1.70. The SMILES string of the molecule is Nc1ncc(-c2ccc3nc(NC(=O)C(F)(F)F)cn3c2)cn1. The molecule has 3 rings (SSSR count). The van der Waals surface area contributed by atoms with Crippen molar-refractivity contribution in [3.05, 3.63) is 36.9 Å². The average molecular weight is 322 g/mol. The molecule has 118 valence electrons. The predicted molar refractivity (Wildman–Crippen MR) is 75.3 cm³/mol. The molecule has 7 nitrogen and oxygen atoms in total. The van der Waals surface area contributed by atoms with Crippen molar-refractivity contribution < 1.29 is 18.0 Å². The molecule has 3 N–H and O–H groups in total. The number of alkyl halides is 3. The van der Waals surface area contributed by atoms with Crippen LogP contribution in [0.25, 0.3) is 16.8 Å². The largest absolute Gasteiger partial charge is 0.471 e. The van der Waals surface area contributed by atoms with Crippen LogP contribution >= 0.6 is 0 Å². The lowest BCUT2D eigenvalue weighted by molar-refractivity contribution is -0.167. The molecule has 0 bridgehead atoms. The minimum atomic E-state index is -4.97. The third-order valence-corrected chi connectivity index (χ3v) is 2.96. The van der Waals surface area contributed by atoms with Crippen LogP contribution in [-0.2, 0) is 4.79 Å². The molecule has 1 amide bonds. The number of anilines is 2. The van der Waals surface area contributed by atoms with Gasteiger partial charge < -0.3 is 15.5 Å². The summed E-state index contributed by atoms with van der Waals surface area (Å²) in [6.07, 6.45) is 0.975. The number of pyridine rings is 1. The van der Waals surface area contributed by atoms with E-state index in [-0.39, 0.29) is 11.8 Å². The fraction of sp³-hybridized carbons (Fsp3) is 0.0769. The van der Waals surface area contributed by atoms with E-state index in [1.54, 1.807) is 23.6 Å².